The second-order valence-electron chi connectivity index (χ2n) is 10.8. The molecule has 1 aliphatic rings. The van der Waals surface area contributed by atoms with E-state index >= 15 is 0 Å². The molecule has 15 nitrogen and oxygen atoms in total. The van der Waals surface area contributed by atoms with Crippen LogP contribution < -0.4 is 64.2 Å². The van der Waals surface area contributed by atoms with E-state index in [1.165, 1.54) is 56.3 Å². The Kier molecular flexibility index (Phi) is 16.8. The Morgan fingerprint density at radius 2 is 1.35 bits per heavy atom. The van der Waals surface area contributed by atoms with Gasteiger partial charge in [-0.3, -0.25) is 29.0 Å². The second kappa shape index (κ2) is 18.7. The second-order valence-corrected chi connectivity index (χ2v) is 12.1. The number of rotatable bonds is 15. The number of allylic oxidation sites excluding steroid dienone is 4. The number of hydrogen-bond acceptors (Lipinski definition) is 12. The van der Waals surface area contributed by atoms with Crippen molar-refractivity contribution in [3.05, 3.63) is 87.5 Å². The Hall–Kier alpha value is -3.16. The summed E-state index contributed by atoms with van der Waals surface area (Å²) in [5.74, 6) is -6.52. The van der Waals surface area contributed by atoms with Gasteiger partial charge in [0.25, 0.3) is 0 Å². The van der Waals surface area contributed by atoms with Gasteiger partial charge < -0.3 is 34.9 Å². The standard InChI is InChI=1S/C31H32N2O13S.2Na/c1-17-7-19(9-21(30(17)42)11-32(13-25(34)35)14-26(36)37)29(23-5-3-4-6-24(23)47(44,45)46)20-8-18(2)31(43)22(10-20)12-33(15-27(38)39)16-28(40)41;;/h3-10,42H,11-16H2,1-2H3,(H,34,35)(H,36,37)(H,38,39)(H,40,41)(H,44,45,46);;/q;2*+1/p-2/b29-20+;;. The van der Waals surface area contributed by atoms with Gasteiger partial charge in [-0.25, -0.2) is 8.42 Å². The summed E-state index contributed by atoms with van der Waals surface area (Å²) in [6.45, 7) is -0.902. The summed E-state index contributed by atoms with van der Waals surface area (Å²) in [5.41, 5.74) is 0.579. The number of phenolic OH excluding ortho intramolecular Hbond substituents is 1. The maximum absolute atomic E-state index is 13.2. The Morgan fingerprint density at radius 1 is 0.816 bits per heavy atom. The molecule has 18 heteroatoms. The zero-order chi connectivity index (χ0) is 35.2. The van der Waals surface area contributed by atoms with E-state index in [9.17, 15) is 62.5 Å². The minimum atomic E-state index is -5.11. The van der Waals surface area contributed by atoms with Crippen LogP contribution in [0.4, 0.5) is 0 Å². The molecule has 0 bridgehead atoms. The van der Waals surface area contributed by atoms with Crippen molar-refractivity contribution in [1.82, 2.24) is 9.80 Å². The molecule has 0 aliphatic heterocycles. The molecule has 0 spiro atoms. The van der Waals surface area contributed by atoms with Gasteiger partial charge in [-0.1, -0.05) is 18.2 Å². The molecule has 0 atom stereocenters. The van der Waals surface area contributed by atoms with Gasteiger partial charge in [0, 0.05) is 36.3 Å². The Morgan fingerprint density at radius 3 is 1.86 bits per heavy atom. The number of phenols is 1. The van der Waals surface area contributed by atoms with Crippen LogP contribution in [0.3, 0.4) is 0 Å². The zero-order valence-electron chi connectivity index (χ0n) is 27.1. The molecule has 0 heterocycles. The minimum Gasteiger partial charge on any atom is -0.744 e. The predicted octanol–water partition coefficient (Wildman–Crippen LogP) is -6.02. The van der Waals surface area contributed by atoms with E-state index in [-0.39, 0.29) is 109 Å². The number of ketones is 1. The van der Waals surface area contributed by atoms with Crippen molar-refractivity contribution in [2.45, 2.75) is 25.3 Å². The van der Waals surface area contributed by atoms with Crippen LogP contribution >= 0.6 is 0 Å². The minimum absolute atomic E-state index is 0. The van der Waals surface area contributed by atoms with Gasteiger partial charge in [0.2, 0.25) is 0 Å². The third-order valence-electron chi connectivity index (χ3n) is 6.95. The average Bonchev–Trinajstić information content (AvgIpc) is 2.92. The number of benzene rings is 2. The van der Waals surface area contributed by atoms with E-state index in [1.54, 1.807) is 0 Å². The number of carboxylic acids is 4. The van der Waals surface area contributed by atoms with Crippen molar-refractivity contribution < 1.29 is 122 Å². The van der Waals surface area contributed by atoms with Crippen molar-refractivity contribution in [2.24, 2.45) is 0 Å². The van der Waals surface area contributed by atoms with E-state index in [0.29, 0.717) is 0 Å². The summed E-state index contributed by atoms with van der Waals surface area (Å²) < 4.78 is 37.2. The van der Waals surface area contributed by atoms with Crippen LogP contribution in [0.1, 0.15) is 29.2 Å². The molecule has 1 aliphatic carbocycles. The van der Waals surface area contributed by atoms with Crippen LogP contribution in [0.25, 0.3) is 5.57 Å². The molecular formula is C31H30N2Na2O13S. The van der Waals surface area contributed by atoms with E-state index in [0.717, 1.165) is 15.9 Å². The molecule has 0 aromatic heterocycles. The van der Waals surface area contributed by atoms with Crippen LogP contribution in [-0.4, -0.2) is 106 Å². The number of hydrogen-bond donors (Lipinski definition) is 4. The van der Waals surface area contributed by atoms with Gasteiger partial charge in [0.15, 0.2) is 5.78 Å². The van der Waals surface area contributed by atoms with Crippen LogP contribution in [0.5, 0.6) is 5.75 Å². The maximum atomic E-state index is 13.2. The molecule has 4 N–H and O–H groups in total. The smallest absolute Gasteiger partial charge is 0.744 e. The van der Waals surface area contributed by atoms with Crippen molar-refractivity contribution in [3.63, 3.8) is 0 Å². The third kappa shape index (κ3) is 12.3. The molecule has 0 radical (unpaired) electrons. The molecule has 0 fully saturated rings. The van der Waals surface area contributed by atoms with Crippen molar-refractivity contribution in [1.29, 1.82) is 0 Å². The summed E-state index contributed by atoms with van der Waals surface area (Å²) in [5, 5.41) is 50.0. The maximum Gasteiger partial charge on any atom is 1.00 e. The molecule has 0 saturated heterocycles. The molecular weight excluding hydrogens is 686 g/mol. The monoisotopic (exact) mass is 716 g/mol. The van der Waals surface area contributed by atoms with Crippen molar-refractivity contribution in [3.8, 4) is 5.75 Å². The fourth-order valence-corrected chi connectivity index (χ4v) is 5.85. The van der Waals surface area contributed by atoms with Gasteiger partial charge in [0.1, 0.15) is 15.9 Å². The number of Topliss-reactive ketones (excluding diaryl/α,β-unsaturated/α-hetero) is 1. The quantitative estimate of drug-likeness (QED) is 0.0989. The van der Waals surface area contributed by atoms with Crippen LogP contribution in [0.15, 0.2) is 70.2 Å². The molecule has 250 valence electrons. The van der Waals surface area contributed by atoms with E-state index in [2.05, 4.69) is 0 Å². The Balaban J connectivity index is 0.00000600. The van der Waals surface area contributed by atoms with Gasteiger partial charge in [-0.05, 0) is 72.0 Å². The fourth-order valence-electron chi connectivity index (χ4n) is 5.17. The molecule has 0 saturated carbocycles. The fraction of sp³-hybridized carbons (Fsp3) is 0.258. The molecule has 2 aromatic carbocycles. The molecule has 0 unspecified atom stereocenters. The summed E-state index contributed by atoms with van der Waals surface area (Å²) in [6.07, 6.45) is 2.70. The van der Waals surface area contributed by atoms with E-state index in [1.807, 2.05) is 0 Å². The molecule has 49 heavy (non-hydrogen) atoms. The first kappa shape index (κ1) is 43.9. The Labute approximate surface area is 325 Å². The topological polar surface area (TPSA) is 253 Å². The number of carbonyl (C=O) groups excluding carboxylic acids is 2. The Bertz CT molecular complexity index is 1820. The van der Waals surface area contributed by atoms with Crippen LogP contribution in [0, 0.1) is 6.92 Å². The van der Waals surface area contributed by atoms with Gasteiger partial charge in [0.05, 0.1) is 30.5 Å². The third-order valence-corrected chi connectivity index (χ3v) is 7.85. The van der Waals surface area contributed by atoms with Crippen LogP contribution in [-0.2, 0) is 40.6 Å². The summed E-state index contributed by atoms with van der Waals surface area (Å²) in [7, 11) is -5.11. The number of aryl methyl sites for hydroxylation is 1. The average molecular weight is 717 g/mol. The van der Waals surface area contributed by atoms with Gasteiger partial charge >= 0.3 is 77.0 Å². The first-order valence-electron chi connectivity index (χ1n) is 13.7. The summed E-state index contributed by atoms with van der Waals surface area (Å²) in [4.78, 5) is 60.0. The first-order chi connectivity index (χ1) is 21.9. The SMILES string of the molecule is CC1=C/C(=C(/c2cc(C)c(O)c(CN(CC(=O)[O-])CC(=O)O)c2)c2ccccc2S(=O)(=O)[O-])C=C(CN(CC(=O)O)CC(=O)O)C1=O.[Na+].[Na+]. The molecule has 3 rings (SSSR count). The first-order valence-corrected chi connectivity index (χ1v) is 15.1. The van der Waals surface area contributed by atoms with Gasteiger partial charge in [-0.15, -0.1) is 0 Å². The van der Waals surface area contributed by atoms with E-state index in [4.69, 9.17) is 0 Å². The largest absolute Gasteiger partial charge is 1.00 e. The normalized spacial score (nSPS) is 13.9. The van der Waals surface area contributed by atoms with Crippen LogP contribution in [0.2, 0.25) is 0 Å². The number of aliphatic carboxylic acids is 4. The predicted molar refractivity (Wildman–Crippen MR) is 160 cm³/mol. The zero-order valence-corrected chi connectivity index (χ0v) is 31.9. The van der Waals surface area contributed by atoms with Crippen molar-refractivity contribution >= 4 is 45.4 Å². The molecule has 0 amide bonds. The van der Waals surface area contributed by atoms with Crippen molar-refractivity contribution in [2.75, 3.05) is 32.7 Å². The summed E-state index contributed by atoms with van der Waals surface area (Å²) >= 11 is 0. The van der Waals surface area contributed by atoms with E-state index < -0.39 is 83.9 Å². The molecule has 2 aromatic rings. The number of nitrogens with zero attached hydrogens (tertiary/aromatic N) is 2. The van der Waals surface area contributed by atoms with Gasteiger partial charge in [-0.2, -0.15) is 0 Å². The number of carbonyl (C=O) groups is 5. The summed E-state index contributed by atoms with van der Waals surface area (Å²) in [6, 6.07) is 7.94. The number of aromatic hydroxyl groups is 1. The number of carboxylic acid groups (broad SMARTS) is 4.